The normalized spacial score (nSPS) is 44.1. The van der Waals surface area contributed by atoms with Crippen molar-refractivity contribution in [2.24, 2.45) is 34.5 Å². The number of aliphatic hydroxyl groups excluding tert-OH is 1. The molecule has 2 heteroatoms. The second-order valence-corrected chi connectivity index (χ2v) is 11.1. The molecule has 3 fully saturated rings. The average molecular weight is 390 g/mol. The van der Waals surface area contributed by atoms with E-state index >= 15 is 0 Å². The van der Waals surface area contributed by atoms with Crippen molar-refractivity contribution in [2.75, 3.05) is 0 Å². The molecule has 1 heterocycles. The van der Waals surface area contributed by atoms with Crippen molar-refractivity contribution >= 4 is 16.6 Å². The van der Waals surface area contributed by atoms with Gasteiger partial charge in [-0.05, 0) is 98.0 Å². The fourth-order valence-corrected chi connectivity index (χ4v) is 8.45. The molecule has 0 aliphatic heterocycles. The Balaban J connectivity index is 1.34. The second kappa shape index (κ2) is 6.23. The Labute approximate surface area is 175 Å². The van der Waals surface area contributed by atoms with Crippen molar-refractivity contribution in [1.82, 2.24) is 4.57 Å². The van der Waals surface area contributed by atoms with Crippen molar-refractivity contribution in [3.8, 4) is 0 Å². The number of fused-ring (bicyclic) bond motifs is 6. The molecule has 2 nitrogen and oxygen atoms in total. The summed E-state index contributed by atoms with van der Waals surface area (Å²) in [7, 11) is 0. The first-order chi connectivity index (χ1) is 14.0. The first-order valence-corrected chi connectivity index (χ1v) is 12.0. The lowest BCUT2D eigenvalue weighted by atomic mass is 9.45. The van der Waals surface area contributed by atoms with Gasteiger partial charge in [0.05, 0.1) is 11.6 Å². The van der Waals surface area contributed by atoms with E-state index in [0.717, 1.165) is 36.5 Å². The van der Waals surface area contributed by atoms with Crippen molar-refractivity contribution in [3.05, 3.63) is 42.6 Å². The fraction of sp³-hybridized carbons (Fsp3) is 0.630. The number of aliphatic hydroxyl groups is 1. The molecule has 0 spiro atoms. The van der Waals surface area contributed by atoms with Gasteiger partial charge in [-0.1, -0.05) is 38.1 Å². The molecule has 0 unspecified atom stereocenters. The lowest BCUT2D eigenvalue weighted by Gasteiger charge is -2.60. The van der Waals surface area contributed by atoms with Crippen LogP contribution in [-0.4, -0.2) is 15.8 Å². The maximum atomic E-state index is 10.3. The molecular weight excluding hydrogens is 354 g/mol. The molecule has 1 N–H and O–H groups in total. The van der Waals surface area contributed by atoms with Crippen molar-refractivity contribution in [3.63, 3.8) is 0 Å². The van der Waals surface area contributed by atoms with Gasteiger partial charge in [0.2, 0.25) is 0 Å². The summed E-state index contributed by atoms with van der Waals surface area (Å²) in [6.45, 7) is 5.16. The molecule has 2 aromatic rings. The molecule has 4 aliphatic carbocycles. The van der Waals surface area contributed by atoms with Crippen LogP contribution in [0.5, 0.6) is 0 Å². The Morgan fingerprint density at radius 3 is 2.72 bits per heavy atom. The van der Waals surface area contributed by atoms with Gasteiger partial charge in [-0.3, -0.25) is 0 Å². The molecule has 4 aliphatic rings. The van der Waals surface area contributed by atoms with Crippen LogP contribution in [0.2, 0.25) is 0 Å². The molecule has 29 heavy (non-hydrogen) atoms. The Bertz CT molecular complexity index is 972. The largest absolute Gasteiger partial charge is 0.393 e. The number of aromatic nitrogens is 1. The molecule has 0 radical (unpaired) electrons. The van der Waals surface area contributed by atoms with E-state index in [0.29, 0.717) is 10.8 Å². The number of allylic oxidation sites excluding steroid dienone is 2. The maximum Gasteiger partial charge on any atom is 0.0543 e. The van der Waals surface area contributed by atoms with Crippen LogP contribution in [0.15, 0.2) is 42.6 Å². The van der Waals surface area contributed by atoms with Crippen LogP contribution in [0.3, 0.4) is 0 Å². The Morgan fingerprint density at radius 1 is 0.966 bits per heavy atom. The van der Waals surface area contributed by atoms with E-state index < -0.39 is 0 Å². The van der Waals surface area contributed by atoms with E-state index in [1.54, 1.807) is 5.70 Å². The highest BCUT2D eigenvalue weighted by Crippen LogP contribution is 2.67. The van der Waals surface area contributed by atoms with Gasteiger partial charge in [0.15, 0.2) is 0 Å². The van der Waals surface area contributed by atoms with Gasteiger partial charge in [0, 0.05) is 17.3 Å². The van der Waals surface area contributed by atoms with Gasteiger partial charge in [-0.15, -0.1) is 0 Å². The first-order valence-electron chi connectivity index (χ1n) is 12.0. The third kappa shape index (κ3) is 2.45. The lowest BCUT2D eigenvalue weighted by Crippen LogP contribution is -2.53. The summed E-state index contributed by atoms with van der Waals surface area (Å²) in [5, 5.41) is 11.6. The van der Waals surface area contributed by atoms with E-state index in [-0.39, 0.29) is 6.10 Å². The maximum absolute atomic E-state index is 10.3. The lowest BCUT2D eigenvalue weighted by molar-refractivity contribution is -0.115. The number of hydrogen-bond donors (Lipinski definition) is 1. The predicted molar refractivity (Wildman–Crippen MR) is 119 cm³/mol. The van der Waals surface area contributed by atoms with Crippen LogP contribution in [0, 0.1) is 34.5 Å². The second-order valence-electron chi connectivity index (χ2n) is 11.1. The van der Waals surface area contributed by atoms with E-state index in [9.17, 15) is 5.11 Å². The van der Waals surface area contributed by atoms with Crippen molar-refractivity contribution in [1.29, 1.82) is 0 Å². The standard InChI is InChI=1S/C27H35NO/c1-26-14-11-20(29)17-19(26)7-8-21-22-9-10-25(27(22,2)15-12-23(21)26)28-16-13-18-5-3-4-6-24(18)28/h3-6,10,13,16,19-23,29H,7-9,11-12,14-15,17H2,1-2H3/t19-,20-,21-,22-,23-,26-,27-/m0/s1. The summed E-state index contributed by atoms with van der Waals surface area (Å²) < 4.78 is 2.50. The molecule has 6 rings (SSSR count). The van der Waals surface area contributed by atoms with Gasteiger partial charge in [-0.2, -0.15) is 0 Å². The van der Waals surface area contributed by atoms with Crippen molar-refractivity contribution < 1.29 is 5.11 Å². The zero-order valence-electron chi connectivity index (χ0n) is 18.0. The number of rotatable bonds is 1. The van der Waals surface area contributed by atoms with Crippen LogP contribution in [0.1, 0.15) is 65.2 Å². The molecule has 1 aromatic carbocycles. The fourth-order valence-electron chi connectivity index (χ4n) is 8.45. The number of benzene rings is 1. The van der Waals surface area contributed by atoms with E-state index in [1.807, 2.05) is 0 Å². The third-order valence-electron chi connectivity index (χ3n) is 10.0. The molecule has 1 aromatic heterocycles. The molecule has 0 amide bonds. The number of nitrogens with zero attached hydrogens (tertiary/aromatic N) is 1. The minimum atomic E-state index is -0.0414. The highest BCUT2D eigenvalue weighted by molar-refractivity contribution is 5.84. The Kier molecular flexibility index (Phi) is 3.92. The third-order valence-corrected chi connectivity index (χ3v) is 10.0. The minimum absolute atomic E-state index is 0.0414. The average Bonchev–Trinajstić information content (AvgIpc) is 3.29. The monoisotopic (exact) mass is 389 g/mol. The molecule has 0 saturated heterocycles. The molecular formula is C27H35NO. The first kappa shape index (κ1) is 18.2. The van der Waals surface area contributed by atoms with Crippen LogP contribution in [0.4, 0.5) is 0 Å². The smallest absolute Gasteiger partial charge is 0.0543 e. The van der Waals surface area contributed by atoms with Gasteiger partial charge in [0.1, 0.15) is 0 Å². The highest BCUT2D eigenvalue weighted by atomic mass is 16.3. The highest BCUT2D eigenvalue weighted by Gasteiger charge is 2.58. The summed E-state index contributed by atoms with van der Waals surface area (Å²) in [5.74, 6) is 3.27. The Morgan fingerprint density at radius 2 is 1.83 bits per heavy atom. The Hall–Kier alpha value is -1.54. The minimum Gasteiger partial charge on any atom is -0.393 e. The van der Waals surface area contributed by atoms with Crippen LogP contribution in [0.25, 0.3) is 16.6 Å². The van der Waals surface area contributed by atoms with Gasteiger partial charge < -0.3 is 9.67 Å². The van der Waals surface area contributed by atoms with Gasteiger partial charge in [-0.25, -0.2) is 0 Å². The zero-order chi connectivity index (χ0) is 19.8. The molecule has 154 valence electrons. The van der Waals surface area contributed by atoms with Crippen molar-refractivity contribution in [2.45, 2.75) is 71.3 Å². The SMILES string of the molecule is C[C@]12CC[C@H](O)C[C@@H]1CC[C@@H]1[C@@H]2CC[C@]2(C)C(n3ccc4ccccc43)=CC[C@@H]12. The molecule has 3 saturated carbocycles. The van der Waals surface area contributed by atoms with E-state index in [4.69, 9.17) is 0 Å². The molecule has 0 bridgehead atoms. The van der Waals surface area contributed by atoms with Gasteiger partial charge in [0.25, 0.3) is 0 Å². The number of hydrogen-bond acceptors (Lipinski definition) is 1. The van der Waals surface area contributed by atoms with E-state index in [2.05, 4.69) is 61.0 Å². The quantitative estimate of drug-likeness (QED) is 0.592. The topological polar surface area (TPSA) is 25.2 Å². The van der Waals surface area contributed by atoms with E-state index in [1.165, 1.54) is 49.4 Å². The van der Waals surface area contributed by atoms with Crippen LogP contribution >= 0.6 is 0 Å². The predicted octanol–water partition coefficient (Wildman–Crippen LogP) is 6.50. The zero-order valence-corrected chi connectivity index (χ0v) is 18.0. The molecule has 7 atom stereocenters. The van der Waals surface area contributed by atoms with Gasteiger partial charge >= 0.3 is 0 Å². The summed E-state index contributed by atoms with van der Waals surface area (Å²) in [4.78, 5) is 0. The summed E-state index contributed by atoms with van der Waals surface area (Å²) in [5.41, 5.74) is 3.69. The van der Waals surface area contributed by atoms with Crippen LogP contribution in [-0.2, 0) is 0 Å². The summed E-state index contributed by atoms with van der Waals surface area (Å²) >= 11 is 0. The number of para-hydroxylation sites is 1. The summed E-state index contributed by atoms with van der Waals surface area (Å²) in [6.07, 6.45) is 14.8. The van der Waals surface area contributed by atoms with Crippen LogP contribution < -0.4 is 0 Å². The summed E-state index contributed by atoms with van der Waals surface area (Å²) in [6, 6.07) is 11.1.